The number of terminal acetylenes is 1. The maximum atomic E-state index is 5.06. The lowest BCUT2D eigenvalue weighted by Gasteiger charge is -1.98. The lowest BCUT2D eigenvalue weighted by Crippen LogP contribution is -1.94. The number of hydrogen-bond donors (Lipinski definition) is 0. The van der Waals surface area contributed by atoms with E-state index in [0.717, 1.165) is 19.4 Å². The zero-order chi connectivity index (χ0) is 7.82. The molecule has 0 aliphatic carbocycles. The summed E-state index contributed by atoms with van der Waals surface area (Å²) in [7, 11) is 0. The van der Waals surface area contributed by atoms with E-state index >= 15 is 0 Å². The molecule has 0 unspecified atom stereocenters. The molecule has 0 spiro atoms. The second kappa shape index (κ2) is 6.38. The quantitative estimate of drug-likeness (QED) is 0.321. The molecule has 0 rings (SSSR count). The Balaban J connectivity index is 2.92. The molecule has 0 aliphatic heterocycles. The van der Waals surface area contributed by atoms with Gasteiger partial charge in [-0.15, -0.1) is 13.0 Å². The smallest absolute Gasteiger partial charge is 0.107 e. The van der Waals surface area contributed by atoms with Gasteiger partial charge >= 0.3 is 0 Å². The molecule has 10 heavy (non-hydrogen) atoms. The monoisotopic (exact) mass is 138 g/mol. The van der Waals surface area contributed by atoms with Gasteiger partial charge in [0.1, 0.15) is 6.61 Å². The molecule has 1 nitrogen and oxygen atoms in total. The zero-order valence-electron chi connectivity index (χ0n) is 6.52. The minimum absolute atomic E-state index is 0.427. The number of rotatable bonds is 5. The van der Waals surface area contributed by atoms with Gasteiger partial charge in [-0.05, 0) is 19.8 Å². The van der Waals surface area contributed by atoms with E-state index < -0.39 is 0 Å². The van der Waals surface area contributed by atoms with Crippen molar-refractivity contribution in [1.29, 1.82) is 0 Å². The van der Waals surface area contributed by atoms with Gasteiger partial charge < -0.3 is 4.74 Å². The van der Waals surface area contributed by atoms with Crippen LogP contribution in [0.3, 0.4) is 0 Å². The summed E-state index contributed by atoms with van der Waals surface area (Å²) < 4.78 is 5.06. The average Bonchev–Trinajstić information content (AvgIpc) is 1.87. The molecule has 0 saturated heterocycles. The number of hydrogen-bond acceptors (Lipinski definition) is 1. The molecule has 0 aliphatic rings. The first kappa shape index (κ1) is 9.26. The molecule has 0 aromatic rings. The van der Waals surface area contributed by atoms with Crippen LogP contribution in [0.25, 0.3) is 0 Å². The summed E-state index contributed by atoms with van der Waals surface area (Å²) in [6.07, 6.45) is 7.04. The Morgan fingerprint density at radius 3 is 2.90 bits per heavy atom. The van der Waals surface area contributed by atoms with Gasteiger partial charge in [0.15, 0.2) is 0 Å². The summed E-state index contributed by atoms with van der Waals surface area (Å²) in [5.41, 5.74) is 1.20. The van der Waals surface area contributed by atoms with E-state index in [1.54, 1.807) is 0 Å². The van der Waals surface area contributed by atoms with Gasteiger partial charge in [-0.1, -0.05) is 11.5 Å². The fourth-order valence-corrected chi connectivity index (χ4v) is 0.607. The fraction of sp³-hybridized carbons (Fsp3) is 0.556. The average molecular weight is 138 g/mol. The van der Waals surface area contributed by atoms with Gasteiger partial charge in [-0.3, -0.25) is 0 Å². The van der Waals surface area contributed by atoms with E-state index in [2.05, 4.69) is 12.5 Å². The van der Waals surface area contributed by atoms with Gasteiger partial charge in [0.25, 0.3) is 0 Å². The molecule has 0 atom stereocenters. The van der Waals surface area contributed by atoms with Crippen molar-refractivity contribution in [3.8, 4) is 12.3 Å². The predicted octanol–water partition coefficient (Wildman–Crippen LogP) is 1.99. The Hall–Kier alpha value is -0.740. The molecule has 0 saturated carbocycles. The first-order chi connectivity index (χ1) is 4.77. The summed E-state index contributed by atoms with van der Waals surface area (Å²) in [6.45, 7) is 6.97. The van der Waals surface area contributed by atoms with Crippen molar-refractivity contribution in [3.63, 3.8) is 0 Å². The Kier molecular flexibility index (Phi) is 5.91. The highest BCUT2D eigenvalue weighted by Gasteiger charge is 1.87. The van der Waals surface area contributed by atoms with Crippen molar-refractivity contribution in [2.24, 2.45) is 0 Å². The van der Waals surface area contributed by atoms with Crippen LogP contribution in [-0.2, 0) is 4.74 Å². The normalized spacial score (nSPS) is 8.80. The minimum Gasteiger partial charge on any atom is -0.369 e. The van der Waals surface area contributed by atoms with Gasteiger partial charge in [-0.2, -0.15) is 0 Å². The Bertz CT molecular complexity index is 130. The van der Waals surface area contributed by atoms with Gasteiger partial charge in [0, 0.05) is 6.61 Å². The van der Waals surface area contributed by atoms with Crippen LogP contribution in [0.4, 0.5) is 0 Å². The van der Waals surface area contributed by atoms with Crippen LogP contribution in [0.5, 0.6) is 0 Å². The highest BCUT2D eigenvalue weighted by Crippen LogP contribution is 1.99. The van der Waals surface area contributed by atoms with Crippen molar-refractivity contribution in [2.45, 2.75) is 19.8 Å². The second-order valence-corrected chi connectivity index (χ2v) is 2.32. The van der Waals surface area contributed by atoms with Crippen LogP contribution in [0.1, 0.15) is 19.8 Å². The van der Waals surface area contributed by atoms with Crippen LogP contribution in [0.15, 0.2) is 12.2 Å². The highest BCUT2D eigenvalue weighted by molar-refractivity contribution is 4.87. The van der Waals surface area contributed by atoms with Gasteiger partial charge in [-0.25, -0.2) is 0 Å². The zero-order valence-corrected chi connectivity index (χ0v) is 6.52. The molecule has 0 fully saturated rings. The molecule has 56 valence electrons. The molecule has 0 N–H and O–H groups in total. The molecule has 0 aromatic heterocycles. The maximum Gasteiger partial charge on any atom is 0.107 e. The van der Waals surface area contributed by atoms with E-state index in [0.29, 0.717) is 6.61 Å². The Morgan fingerprint density at radius 1 is 1.70 bits per heavy atom. The Labute approximate surface area is 63.1 Å². The largest absolute Gasteiger partial charge is 0.369 e. The second-order valence-electron chi connectivity index (χ2n) is 2.32. The molecule has 1 heteroatoms. The predicted molar refractivity (Wildman–Crippen MR) is 43.7 cm³/mol. The molecule has 0 aromatic carbocycles. The van der Waals surface area contributed by atoms with E-state index in [-0.39, 0.29) is 0 Å². The third-order valence-corrected chi connectivity index (χ3v) is 1.08. The summed E-state index contributed by atoms with van der Waals surface area (Å²) in [5.74, 6) is 2.41. The summed E-state index contributed by atoms with van der Waals surface area (Å²) in [6, 6.07) is 0. The first-order valence-electron chi connectivity index (χ1n) is 3.43. The minimum atomic E-state index is 0.427. The van der Waals surface area contributed by atoms with Crippen LogP contribution >= 0.6 is 0 Å². The van der Waals surface area contributed by atoms with Crippen LogP contribution in [-0.4, -0.2) is 13.2 Å². The summed E-state index contributed by atoms with van der Waals surface area (Å²) >= 11 is 0. The standard InChI is InChI=1S/C9H14O/c1-4-7-10-8-5-6-9(2)3/h1H,2,5-8H2,3H3. The van der Waals surface area contributed by atoms with Crippen molar-refractivity contribution in [2.75, 3.05) is 13.2 Å². The van der Waals surface area contributed by atoms with E-state index in [1.807, 2.05) is 6.92 Å². The van der Waals surface area contributed by atoms with Crippen molar-refractivity contribution < 1.29 is 4.74 Å². The maximum absolute atomic E-state index is 5.06. The molecule has 0 amide bonds. The van der Waals surface area contributed by atoms with Gasteiger partial charge in [0.2, 0.25) is 0 Å². The van der Waals surface area contributed by atoms with Crippen molar-refractivity contribution in [1.82, 2.24) is 0 Å². The molecule has 0 bridgehead atoms. The first-order valence-corrected chi connectivity index (χ1v) is 3.43. The number of allylic oxidation sites excluding steroid dienone is 1. The van der Waals surface area contributed by atoms with Crippen molar-refractivity contribution >= 4 is 0 Å². The Morgan fingerprint density at radius 2 is 2.40 bits per heavy atom. The lowest BCUT2D eigenvalue weighted by molar-refractivity contribution is 0.164. The summed E-state index contributed by atoms with van der Waals surface area (Å²) in [4.78, 5) is 0. The third kappa shape index (κ3) is 7.26. The van der Waals surface area contributed by atoms with Crippen LogP contribution in [0, 0.1) is 12.3 Å². The fourth-order valence-electron chi connectivity index (χ4n) is 0.607. The highest BCUT2D eigenvalue weighted by atomic mass is 16.5. The van der Waals surface area contributed by atoms with E-state index in [9.17, 15) is 0 Å². The van der Waals surface area contributed by atoms with Crippen molar-refractivity contribution in [3.05, 3.63) is 12.2 Å². The molecular weight excluding hydrogens is 124 g/mol. The molecule has 0 radical (unpaired) electrons. The van der Waals surface area contributed by atoms with Gasteiger partial charge in [0.05, 0.1) is 0 Å². The van der Waals surface area contributed by atoms with Crippen LogP contribution < -0.4 is 0 Å². The van der Waals surface area contributed by atoms with E-state index in [4.69, 9.17) is 11.2 Å². The third-order valence-electron chi connectivity index (χ3n) is 1.08. The summed E-state index contributed by atoms with van der Waals surface area (Å²) in [5, 5.41) is 0. The topological polar surface area (TPSA) is 9.23 Å². The van der Waals surface area contributed by atoms with Crippen LogP contribution in [0.2, 0.25) is 0 Å². The molecule has 0 heterocycles. The lowest BCUT2D eigenvalue weighted by atomic mass is 10.2. The molecular formula is C9H14O. The SMILES string of the molecule is C#CCOCCCC(=C)C. The number of ether oxygens (including phenoxy) is 1. The van der Waals surface area contributed by atoms with E-state index in [1.165, 1.54) is 5.57 Å².